The Morgan fingerprint density at radius 1 is 1.15 bits per heavy atom. The van der Waals surface area contributed by atoms with E-state index in [1.807, 2.05) is 0 Å². The summed E-state index contributed by atoms with van der Waals surface area (Å²) in [5, 5.41) is 13.5. The van der Waals surface area contributed by atoms with E-state index in [-0.39, 0.29) is 18.7 Å². The molecule has 0 heterocycles. The van der Waals surface area contributed by atoms with E-state index in [2.05, 4.69) is 17.6 Å². The fraction of sp³-hybridized carbons (Fsp3) is 0.786. The summed E-state index contributed by atoms with van der Waals surface area (Å²) in [6, 6.07) is -0.452. The molecule has 0 bridgehead atoms. The second-order valence-corrected chi connectivity index (χ2v) is 5.53. The molecule has 0 aromatic rings. The third-order valence-corrected chi connectivity index (χ3v) is 3.86. The number of aliphatic carboxylic acids is 1. The minimum absolute atomic E-state index is 0.0546. The van der Waals surface area contributed by atoms with E-state index >= 15 is 0 Å². The maximum absolute atomic E-state index is 11.5. The maximum Gasteiger partial charge on any atom is 0.321 e. The van der Waals surface area contributed by atoms with Crippen LogP contribution in [0.3, 0.4) is 0 Å². The van der Waals surface area contributed by atoms with Gasteiger partial charge in [-0.25, -0.2) is 4.79 Å². The zero-order chi connectivity index (χ0) is 15.0. The molecular formula is C14H24N2O4. The Kier molecular flexibility index (Phi) is 7.04. The second-order valence-electron chi connectivity index (χ2n) is 5.53. The van der Waals surface area contributed by atoms with Crippen LogP contribution in [0.5, 0.6) is 0 Å². The van der Waals surface area contributed by atoms with Gasteiger partial charge in [-0.3, -0.25) is 14.9 Å². The summed E-state index contributed by atoms with van der Waals surface area (Å²) in [5.74, 6) is -0.0883. The van der Waals surface area contributed by atoms with Crippen molar-refractivity contribution >= 4 is 17.9 Å². The summed E-state index contributed by atoms with van der Waals surface area (Å²) >= 11 is 0. The van der Waals surface area contributed by atoms with Gasteiger partial charge in [-0.15, -0.1) is 0 Å². The highest BCUT2D eigenvalue weighted by atomic mass is 16.4. The number of unbranched alkanes of at least 4 members (excludes halogenated alkanes) is 1. The molecule has 2 atom stereocenters. The van der Waals surface area contributed by atoms with E-state index < -0.39 is 12.0 Å². The lowest BCUT2D eigenvalue weighted by Gasteiger charge is -2.15. The molecule has 3 N–H and O–H groups in total. The number of imide groups is 1. The molecule has 1 aliphatic carbocycles. The van der Waals surface area contributed by atoms with Crippen molar-refractivity contribution in [2.24, 2.45) is 11.8 Å². The van der Waals surface area contributed by atoms with Gasteiger partial charge in [0, 0.05) is 19.4 Å². The highest BCUT2D eigenvalue weighted by molar-refractivity contribution is 5.94. The van der Waals surface area contributed by atoms with Crippen molar-refractivity contribution in [1.29, 1.82) is 0 Å². The Morgan fingerprint density at radius 3 is 2.45 bits per heavy atom. The normalized spacial score (nSPS) is 21.4. The number of amides is 3. The van der Waals surface area contributed by atoms with Gasteiger partial charge in [-0.1, -0.05) is 19.8 Å². The van der Waals surface area contributed by atoms with E-state index in [1.165, 1.54) is 12.8 Å². The van der Waals surface area contributed by atoms with Crippen LogP contribution in [0.25, 0.3) is 0 Å². The van der Waals surface area contributed by atoms with Gasteiger partial charge in [0.2, 0.25) is 5.91 Å². The molecule has 0 aliphatic heterocycles. The molecule has 0 aromatic heterocycles. The minimum atomic E-state index is -0.867. The van der Waals surface area contributed by atoms with E-state index in [4.69, 9.17) is 5.11 Å². The van der Waals surface area contributed by atoms with Crippen LogP contribution in [0, 0.1) is 11.8 Å². The molecular weight excluding hydrogens is 260 g/mol. The molecule has 6 nitrogen and oxygen atoms in total. The fourth-order valence-corrected chi connectivity index (χ4v) is 2.54. The molecule has 0 radical (unpaired) electrons. The fourth-order valence-electron chi connectivity index (χ4n) is 2.54. The Labute approximate surface area is 119 Å². The number of hydrogen-bond donors (Lipinski definition) is 3. The average Bonchev–Trinajstić information content (AvgIpc) is 2.77. The Morgan fingerprint density at radius 2 is 1.85 bits per heavy atom. The van der Waals surface area contributed by atoms with Crippen LogP contribution >= 0.6 is 0 Å². The molecule has 3 amide bonds. The lowest BCUT2D eigenvalue weighted by molar-refractivity contribution is -0.137. The molecule has 2 unspecified atom stereocenters. The third-order valence-electron chi connectivity index (χ3n) is 3.86. The van der Waals surface area contributed by atoms with Crippen molar-refractivity contribution < 1.29 is 19.5 Å². The van der Waals surface area contributed by atoms with Crippen LogP contribution < -0.4 is 10.6 Å². The van der Waals surface area contributed by atoms with E-state index in [0.717, 1.165) is 6.42 Å². The van der Waals surface area contributed by atoms with Gasteiger partial charge in [0.1, 0.15) is 0 Å². The number of carboxylic acids is 1. The number of carboxylic acid groups (broad SMARTS) is 1. The molecule has 0 spiro atoms. The lowest BCUT2D eigenvalue weighted by Crippen LogP contribution is -2.41. The van der Waals surface area contributed by atoms with E-state index in [9.17, 15) is 14.4 Å². The van der Waals surface area contributed by atoms with E-state index in [1.54, 1.807) is 0 Å². The quantitative estimate of drug-likeness (QED) is 0.622. The third kappa shape index (κ3) is 6.54. The SMILES string of the molecule is CC1CCCC1CNC(=O)NC(=O)CCCCC(=O)O. The molecule has 0 saturated heterocycles. The van der Waals surface area contributed by atoms with Crippen molar-refractivity contribution in [3.63, 3.8) is 0 Å². The number of carbonyl (C=O) groups excluding carboxylic acids is 2. The van der Waals surface area contributed by atoms with Crippen LogP contribution in [0.2, 0.25) is 0 Å². The average molecular weight is 284 g/mol. The molecule has 6 heteroatoms. The van der Waals surface area contributed by atoms with Crippen molar-refractivity contribution in [2.45, 2.75) is 51.9 Å². The largest absolute Gasteiger partial charge is 0.481 e. The monoisotopic (exact) mass is 284 g/mol. The molecule has 114 valence electrons. The first-order chi connectivity index (χ1) is 9.49. The minimum Gasteiger partial charge on any atom is -0.481 e. The number of urea groups is 1. The summed E-state index contributed by atoms with van der Waals surface area (Å²) in [5.41, 5.74) is 0. The zero-order valence-corrected chi connectivity index (χ0v) is 12.0. The number of hydrogen-bond acceptors (Lipinski definition) is 3. The molecule has 1 aliphatic rings. The van der Waals surface area contributed by atoms with Gasteiger partial charge in [0.15, 0.2) is 0 Å². The smallest absolute Gasteiger partial charge is 0.321 e. The maximum atomic E-state index is 11.5. The number of nitrogens with one attached hydrogen (secondary N) is 2. The molecule has 1 fully saturated rings. The van der Waals surface area contributed by atoms with Gasteiger partial charge in [-0.2, -0.15) is 0 Å². The Balaban J connectivity index is 2.08. The molecule has 1 rings (SSSR count). The summed E-state index contributed by atoms with van der Waals surface area (Å²) in [6.07, 6.45) is 4.70. The summed E-state index contributed by atoms with van der Waals surface area (Å²) in [7, 11) is 0. The van der Waals surface area contributed by atoms with E-state index in [0.29, 0.717) is 31.2 Å². The van der Waals surface area contributed by atoms with Crippen molar-refractivity contribution in [2.75, 3.05) is 6.54 Å². The van der Waals surface area contributed by atoms with Crippen molar-refractivity contribution in [3.8, 4) is 0 Å². The van der Waals surface area contributed by atoms with Crippen molar-refractivity contribution in [3.05, 3.63) is 0 Å². The van der Waals surface area contributed by atoms with Crippen LogP contribution in [0.15, 0.2) is 0 Å². The topological polar surface area (TPSA) is 95.5 Å². The predicted molar refractivity (Wildman–Crippen MR) is 74.2 cm³/mol. The van der Waals surface area contributed by atoms with Gasteiger partial charge in [0.25, 0.3) is 0 Å². The Hall–Kier alpha value is -1.59. The van der Waals surface area contributed by atoms with Gasteiger partial charge in [-0.05, 0) is 31.1 Å². The van der Waals surface area contributed by atoms with Crippen LogP contribution in [-0.2, 0) is 9.59 Å². The van der Waals surface area contributed by atoms with Crippen LogP contribution in [0.1, 0.15) is 51.9 Å². The highest BCUT2D eigenvalue weighted by Gasteiger charge is 2.23. The van der Waals surface area contributed by atoms with Crippen LogP contribution in [0.4, 0.5) is 4.79 Å². The van der Waals surface area contributed by atoms with Gasteiger partial charge >= 0.3 is 12.0 Å². The first kappa shape index (κ1) is 16.5. The summed E-state index contributed by atoms with van der Waals surface area (Å²) in [6.45, 7) is 2.80. The molecule has 0 aromatic carbocycles. The molecule has 1 saturated carbocycles. The standard InChI is InChI=1S/C14H24N2O4/c1-10-5-4-6-11(10)9-15-14(20)16-12(17)7-2-3-8-13(18)19/h10-11H,2-9H2,1H3,(H,18,19)(H2,15,16,17,20). The first-order valence-electron chi connectivity index (χ1n) is 7.28. The second kappa shape index (κ2) is 8.55. The zero-order valence-electron chi connectivity index (χ0n) is 12.0. The summed E-state index contributed by atoms with van der Waals surface area (Å²) < 4.78 is 0. The Bertz CT molecular complexity index is 357. The van der Waals surface area contributed by atoms with Crippen molar-refractivity contribution in [1.82, 2.24) is 10.6 Å². The number of rotatable bonds is 7. The predicted octanol–water partition coefficient (Wildman–Crippen LogP) is 1.89. The lowest BCUT2D eigenvalue weighted by atomic mass is 9.98. The first-order valence-corrected chi connectivity index (χ1v) is 7.28. The summed E-state index contributed by atoms with van der Waals surface area (Å²) in [4.78, 5) is 33.3. The number of carbonyl (C=O) groups is 3. The molecule has 20 heavy (non-hydrogen) atoms. The van der Waals surface area contributed by atoms with Gasteiger partial charge < -0.3 is 10.4 Å². The van der Waals surface area contributed by atoms with Crippen LogP contribution in [-0.4, -0.2) is 29.6 Å². The van der Waals surface area contributed by atoms with Gasteiger partial charge in [0.05, 0.1) is 0 Å². The highest BCUT2D eigenvalue weighted by Crippen LogP contribution is 2.30.